The minimum Gasteiger partial charge on any atom is -0.456 e. The van der Waals surface area contributed by atoms with Gasteiger partial charge in [-0.3, -0.25) is 9.78 Å². The SMILES string of the molecule is O=c1c2ccccc2oc2ccc3cccnc3c12. The highest BCUT2D eigenvalue weighted by Crippen LogP contribution is 2.24. The van der Waals surface area contributed by atoms with Crippen LogP contribution in [0.5, 0.6) is 0 Å². The van der Waals surface area contributed by atoms with Crippen LogP contribution in [-0.4, -0.2) is 4.98 Å². The first-order valence-corrected chi connectivity index (χ1v) is 6.04. The Bertz CT molecular complexity index is 986. The second kappa shape index (κ2) is 3.65. The molecule has 0 aliphatic rings. The quantitative estimate of drug-likeness (QED) is 0.353. The van der Waals surface area contributed by atoms with Crippen molar-refractivity contribution in [3.05, 3.63) is 65.0 Å². The number of hydrogen-bond donors (Lipinski definition) is 0. The molecule has 0 bridgehead atoms. The average Bonchev–Trinajstić information content (AvgIpc) is 2.47. The van der Waals surface area contributed by atoms with Crippen LogP contribution in [0.15, 0.2) is 63.9 Å². The van der Waals surface area contributed by atoms with Crippen molar-refractivity contribution in [2.24, 2.45) is 0 Å². The molecule has 0 spiro atoms. The molecule has 0 aliphatic heterocycles. The fourth-order valence-corrected chi connectivity index (χ4v) is 2.43. The molecule has 0 radical (unpaired) electrons. The summed E-state index contributed by atoms with van der Waals surface area (Å²) in [7, 11) is 0. The molecule has 0 unspecified atom stereocenters. The van der Waals surface area contributed by atoms with Crippen molar-refractivity contribution >= 4 is 32.8 Å². The van der Waals surface area contributed by atoms with E-state index in [0.717, 1.165) is 5.39 Å². The van der Waals surface area contributed by atoms with E-state index in [2.05, 4.69) is 4.98 Å². The van der Waals surface area contributed by atoms with E-state index in [0.29, 0.717) is 27.5 Å². The molecule has 2 heterocycles. The van der Waals surface area contributed by atoms with E-state index >= 15 is 0 Å². The van der Waals surface area contributed by atoms with E-state index in [9.17, 15) is 4.79 Å². The van der Waals surface area contributed by atoms with Gasteiger partial charge in [0.15, 0.2) is 0 Å². The normalized spacial score (nSPS) is 11.4. The van der Waals surface area contributed by atoms with Gasteiger partial charge in [-0.2, -0.15) is 0 Å². The zero-order chi connectivity index (χ0) is 12.8. The van der Waals surface area contributed by atoms with Crippen LogP contribution in [-0.2, 0) is 0 Å². The summed E-state index contributed by atoms with van der Waals surface area (Å²) < 4.78 is 5.80. The standard InChI is InChI=1S/C16H9NO2/c18-16-11-5-1-2-6-12(11)19-13-8-7-10-4-3-9-17-15(10)14(13)16/h1-9H. The molecule has 2 aromatic heterocycles. The molecule has 0 atom stereocenters. The van der Waals surface area contributed by atoms with Crippen molar-refractivity contribution in [1.82, 2.24) is 4.98 Å². The molecular formula is C16H9NO2. The van der Waals surface area contributed by atoms with Gasteiger partial charge in [-0.25, -0.2) is 0 Å². The first-order valence-electron chi connectivity index (χ1n) is 6.04. The molecule has 19 heavy (non-hydrogen) atoms. The Kier molecular flexibility index (Phi) is 1.97. The minimum absolute atomic E-state index is 0.0267. The maximum absolute atomic E-state index is 12.6. The second-order valence-electron chi connectivity index (χ2n) is 4.44. The third-order valence-electron chi connectivity index (χ3n) is 3.32. The monoisotopic (exact) mass is 247 g/mol. The molecule has 0 saturated carbocycles. The Morgan fingerprint density at radius 2 is 1.79 bits per heavy atom. The van der Waals surface area contributed by atoms with Crippen LogP contribution in [0.3, 0.4) is 0 Å². The van der Waals surface area contributed by atoms with Gasteiger partial charge in [-0.1, -0.05) is 18.2 Å². The van der Waals surface area contributed by atoms with Crippen molar-refractivity contribution in [1.29, 1.82) is 0 Å². The largest absolute Gasteiger partial charge is 0.456 e. The van der Waals surface area contributed by atoms with Crippen molar-refractivity contribution in [2.45, 2.75) is 0 Å². The maximum Gasteiger partial charge on any atom is 0.202 e. The lowest BCUT2D eigenvalue weighted by Gasteiger charge is -2.03. The van der Waals surface area contributed by atoms with Crippen molar-refractivity contribution in [2.75, 3.05) is 0 Å². The second-order valence-corrected chi connectivity index (χ2v) is 4.44. The average molecular weight is 247 g/mol. The number of para-hydroxylation sites is 1. The smallest absolute Gasteiger partial charge is 0.202 e. The molecular weight excluding hydrogens is 238 g/mol. The lowest BCUT2D eigenvalue weighted by Crippen LogP contribution is -2.03. The van der Waals surface area contributed by atoms with Gasteiger partial charge in [-0.05, 0) is 30.3 Å². The predicted molar refractivity (Wildman–Crippen MR) is 75.3 cm³/mol. The van der Waals surface area contributed by atoms with E-state index in [1.807, 2.05) is 36.4 Å². The van der Waals surface area contributed by atoms with Gasteiger partial charge < -0.3 is 4.42 Å². The molecule has 2 aromatic carbocycles. The fraction of sp³-hybridized carbons (Fsp3) is 0. The molecule has 0 fully saturated rings. The molecule has 3 heteroatoms. The van der Waals surface area contributed by atoms with Gasteiger partial charge >= 0.3 is 0 Å². The zero-order valence-electron chi connectivity index (χ0n) is 9.96. The van der Waals surface area contributed by atoms with Crippen molar-refractivity contribution in [3.63, 3.8) is 0 Å². The third-order valence-corrected chi connectivity index (χ3v) is 3.32. The summed E-state index contributed by atoms with van der Waals surface area (Å²) in [5, 5.41) is 2.09. The number of aromatic nitrogens is 1. The Hall–Kier alpha value is -2.68. The first-order chi connectivity index (χ1) is 9.34. The van der Waals surface area contributed by atoms with Gasteiger partial charge in [0.05, 0.1) is 16.3 Å². The summed E-state index contributed by atoms with van der Waals surface area (Å²) >= 11 is 0. The topological polar surface area (TPSA) is 43.1 Å². The van der Waals surface area contributed by atoms with E-state index < -0.39 is 0 Å². The first kappa shape index (κ1) is 10.3. The summed E-state index contributed by atoms with van der Waals surface area (Å²) in [5.41, 5.74) is 1.85. The third kappa shape index (κ3) is 1.38. The van der Waals surface area contributed by atoms with Crippen molar-refractivity contribution < 1.29 is 4.42 Å². The molecule has 0 N–H and O–H groups in total. The van der Waals surface area contributed by atoms with Crippen LogP contribution >= 0.6 is 0 Å². The highest BCUT2D eigenvalue weighted by molar-refractivity contribution is 6.05. The van der Waals surface area contributed by atoms with Gasteiger partial charge in [-0.15, -0.1) is 0 Å². The molecule has 90 valence electrons. The highest BCUT2D eigenvalue weighted by atomic mass is 16.3. The summed E-state index contributed by atoms with van der Waals surface area (Å²) in [4.78, 5) is 16.9. The molecule has 0 aliphatic carbocycles. The van der Waals surface area contributed by atoms with E-state index in [-0.39, 0.29) is 5.43 Å². The number of pyridine rings is 1. The lowest BCUT2D eigenvalue weighted by atomic mass is 10.1. The Labute approximate surface area is 108 Å². The van der Waals surface area contributed by atoms with Gasteiger partial charge in [0.2, 0.25) is 5.43 Å². The highest BCUT2D eigenvalue weighted by Gasteiger charge is 2.10. The van der Waals surface area contributed by atoms with Crippen LogP contribution in [0.4, 0.5) is 0 Å². The summed E-state index contributed by atoms with van der Waals surface area (Å²) in [6.45, 7) is 0. The summed E-state index contributed by atoms with van der Waals surface area (Å²) in [6.07, 6.45) is 1.69. The Morgan fingerprint density at radius 1 is 0.895 bits per heavy atom. The van der Waals surface area contributed by atoms with E-state index in [4.69, 9.17) is 4.42 Å². The zero-order valence-corrected chi connectivity index (χ0v) is 9.96. The molecule has 0 saturated heterocycles. The van der Waals surface area contributed by atoms with Crippen LogP contribution in [0.25, 0.3) is 32.8 Å². The van der Waals surface area contributed by atoms with Crippen molar-refractivity contribution in [3.8, 4) is 0 Å². The van der Waals surface area contributed by atoms with Gasteiger partial charge in [0.1, 0.15) is 11.2 Å². The fourth-order valence-electron chi connectivity index (χ4n) is 2.43. The number of fused-ring (bicyclic) bond motifs is 4. The summed E-state index contributed by atoms with van der Waals surface area (Å²) in [5.74, 6) is 0. The molecule has 4 aromatic rings. The minimum atomic E-state index is -0.0267. The van der Waals surface area contributed by atoms with Crippen LogP contribution in [0.2, 0.25) is 0 Å². The molecule has 3 nitrogen and oxygen atoms in total. The summed E-state index contributed by atoms with van der Waals surface area (Å²) in [6, 6.07) is 14.8. The Morgan fingerprint density at radius 3 is 2.74 bits per heavy atom. The molecule has 0 amide bonds. The number of nitrogens with zero attached hydrogens (tertiary/aromatic N) is 1. The maximum atomic E-state index is 12.6. The van der Waals surface area contributed by atoms with Crippen LogP contribution in [0.1, 0.15) is 0 Å². The lowest BCUT2D eigenvalue weighted by molar-refractivity contribution is 0.660. The van der Waals surface area contributed by atoms with Crippen LogP contribution in [0, 0.1) is 0 Å². The van der Waals surface area contributed by atoms with Crippen LogP contribution < -0.4 is 5.43 Å². The number of rotatable bonds is 0. The number of benzene rings is 2. The van der Waals surface area contributed by atoms with E-state index in [1.54, 1.807) is 18.3 Å². The Balaban J connectivity index is 2.37. The van der Waals surface area contributed by atoms with Gasteiger partial charge in [0, 0.05) is 11.6 Å². The van der Waals surface area contributed by atoms with E-state index in [1.165, 1.54) is 0 Å². The number of hydrogen-bond acceptors (Lipinski definition) is 3. The van der Waals surface area contributed by atoms with Gasteiger partial charge in [0.25, 0.3) is 0 Å². The molecule has 4 rings (SSSR count). The predicted octanol–water partition coefficient (Wildman–Crippen LogP) is 3.49.